The van der Waals surface area contributed by atoms with Gasteiger partial charge >= 0.3 is 0 Å². The van der Waals surface area contributed by atoms with E-state index >= 15 is 0 Å². The summed E-state index contributed by atoms with van der Waals surface area (Å²) < 4.78 is 0. The molecule has 0 saturated heterocycles. The lowest BCUT2D eigenvalue weighted by molar-refractivity contribution is 0.419. The van der Waals surface area contributed by atoms with Crippen molar-refractivity contribution in [1.82, 2.24) is 4.98 Å². The van der Waals surface area contributed by atoms with Crippen LogP contribution in [0.3, 0.4) is 0 Å². The first-order valence-electron chi connectivity index (χ1n) is 4.49. The molecular formula is C10H14N2. The zero-order valence-corrected chi connectivity index (χ0v) is 7.38. The molecule has 1 saturated carbocycles. The second-order valence-corrected chi connectivity index (χ2v) is 3.57. The molecule has 2 N–H and O–H groups in total. The lowest BCUT2D eigenvalue weighted by Gasteiger charge is -2.25. The van der Waals surface area contributed by atoms with E-state index in [1.807, 2.05) is 13.1 Å². The summed E-state index contributed by atoms with van der Waals surface area (Å²) in [5.41, 5.74) is 8.87. The summed E-state index contributed by atoms with van der Waals surface area (Å²) in [6, 6.07) is 2.08. The zero-order chi connectivity index (χ0) is 8.55. The summed E-state index contributed by atoms with van der Waals surface area (Å²) in [7, 11) is 0. The number of hydrogen-bond donors (Lipinski definition) is 1. The summed E-state index contributed by atoms with van der Waals surface area (Å²) in [6.45, 7) is 1.94. The lowest BCUT2D eigenvalue weighted by atomic mass is 9.80. The predicted octanol–water partition coefficient (Wildman–Crippen LogP) is 2.24. The van der Waals surface area contributed by atoms with Crippen LogP contribution in [0.2, 0.25) is 0 Å². The highest BCUT2D eigenvalue weighted by Gasteiger charge is 2.19. The number of nitrogen functional groups attached to an aromatic ring is 1. The monoisotopic (exact) mass is 162 g/mol. The van der Waals surface area contributed by atoms with Crippen LogP contribution < -0.4 is 5.73 Å². The molecule has 0 aromatic carbocycles. The van der Waals surface area contributed by atoms with Crippen molar-refractivity contribution in [3.8, 4) is 0 Å². The summed E-state index contributed by atoms with van der Waals surface area (Å²) in [4.78, 5) is 4.26. The van der Waals surface area contributed by atoms with Gasteiger partial charge < -0.3 is 5.73 Å². The van der Waals surface area contributed by atoms with Crippen LogP contribution in [0, 0.1) is 6.92 Å². The molecule has 1 aliphatic carbocycles. The van der Waals surface area contributed by atoms with Gasteiger partial charge in [-0.1, -0.05) is 6.42 Å². The maximum absolute atomic E-state index is 5.77. The number of aryl methyl sites for hydroxylation is 1. The molecule has 0 unspecified atom stereocenters. The number of nitrogens with zero attached hydrogens (tertiary/aromatic N) is 1. The van der Waals surface area contributed by atoms with Crippen LogP contribution in [0.5, 0.6) is 0 Å². The van der Waals surface area contributed by atoms with Gasteiger partial charge in [0, 0.05) is 6.20 Å². The molecule has 1 fully saturated rings. The number of hydrogen-bond acceptors (Lipinski definition) is 2. The van der Waals surface area contributed by atoms with Gasteiger partial charge in [-0.15, -0.1) is 0 Å². The molecule has 1 aromatic heterocycles. The maximum Gasteiger partial charge on any atom is 0.0601 e. The van der Waals surface area contributed by atoms with E-state index in [1.54, 1.807) is 0 Å². The highest BCUT2D eigenvalue weighted by Crippen LogP contribution is 2.36. The van der Waals surface area contributed by atoms with E-state index in [-0.39, 0.29) is 0 Å². The van der Waals surface area contributed by atoms with Crippen LogP contribution in [0.25, 0.3) is 0 Å². The van der Waals surface area contributed by atoms with E-state index in [1.165, 1.54) is 24.8 Å². The molecule has 0 atom stereocenters. The summed E-state index contributed by atoms with van der Waals surface area (Å²) >= 11 is 0. The molecule has 0 bridgehead atoms. The first-order valence-corrected chi connectivity index (χ1v) is 4.49. The smallest absolute Gasteiger partial charge is 0.0601 e. The van der Waals surface area contributed by atoms with Crippen molar-refractivity contribution in [2.24, 2.45) is 0 Å². The second kappa shape index (κ2) is 2.77. The minimum atomic E-state index is 0.736. The summed E-state index contributed by atoms with van der Waals surface area (Å²) in [5.74, 6) is 0.736. The van der Waals surface area contributed by atoms with Gasteiger partial charge in [0.2, 0.25) is 0 Å². The highest BCUT2D eigenvalue weighted by molar-refractivity contribution is 5.45. The average molecular weight is 162 g/mol. The number of pyridine rings is 1. The highest BCUT2D eigenvalue weighted by atomic mass is 14.7. The molecule has 1 aromatic rings. The number of nitrogens with two attached hydrogens (primary N) is 1. The number of anilines is 1. The van der Waals surface area contributed by atoms with Gasteiger partial charge in [0.25, 0.3) is 0 Å². The molecular weight excluding hydrogens is 148 g/mol. The SMILES string of the molecule is Cc1ncc(C2CCC2)cc1N. The topological polar surface area (TPSA) is 38.9 Å². The predicted molar refractivity (Wildman–Crippen MR) is 50.0 cm³/mol. The molecule has 1 heterocycles. The fourth-order valence-corrected chi connectivity index (χ4v) is 1.53. The number of rotatable bonds is 1. The van der Waals surface area contributed by atoms with Crippen molar-refractivity contribution in [2.75, 3.05) is 5.73 Å². The molecule has 64 valence electrons. The van der Waals surface area contributed by atoms with Crippen molar-refractivity contribution in [2.45, 2.75) is 32.1 Å². The van der Waals surface area contributed by atoms with Crippen LogP contribution in [0.1, 0.15) is 36.4 Å². The van der Waals surface area contributed by atoms with E-state index in [2.05, 4.69) is 11.1 Å². The van der Waals surface area contributed by atoms with Crippen molar-refractivity contribution in [3.05, 3.63) is 23.5 Å². The van der Waals surface area contributed by atoms with Crippen molar-refractivity contribution in [1.29, 1.82) is 0 Å². The Kier molecular flexibility index (Phi) is 1.75. The molecule has 12 heavy (non-hydrogen) atoms. The minimum absolute atomic E-state index is 0.736. The molecule has 0 amide bonds. The Morgan fingerprint density at radius 2 is 2.25 bits per heavy atom. The molecule has 2 rings (SSSR count). The van der Waals surface area contributed by atoms with Gasteiger partial charge in [0.05, 0.1) is 11.4 Å². The van der Waals surface area contributed by atoms with Gasteiger partial charge in [0.15, 0.2) is 0 Å². The fraction of sp³-hybridized carbons (Fsp3) is 0.500. The molecule has 2 nitrogen and oxygen atoms in total. The Hall–Kier alpha value is -1.05. The van der Waals surface area contributed by atoms with Crippen LogP contribution in [0.15, 0.2) is 12.3 Å². The molecule has 2 heteroatoms. The third-order valence-corrected chi connectivity index (χ3v) is 2.72. The Bertz CT molecular complexity index is 290. The van der Waals surface area contributed by atoms with E-state index in [4.69, 9.17) is 5.73 Å². The molecule has 0 aliphatic heterocycles. The third kappa shape index (κ3) is 1.17. The molecule has 0 radical (unpaired) electrons. The van der Waals surface area contributed by atoms with E-state index in [9.17, 15) is 0 Å². The quantitative estimate of drug-likeness (QED) is 0.687. The first kappa shape index (κ1) is 7.59. The zero-order valence-electron chi connectivity index (χ0n) is 7.38. The minimum Gasteiger partial charge on any atom is -0.397 e. The Morgan fingerprint density at radius 1 is 1.50 bits per heavy atom. The van der Waals surface area contributed by atoms with Crippen molar-refractivity contribution in [3.63, 3.8) is 0 Å². The summed E-state index contributed by atoms with van der Waals surface area (Å²) in [6.07, 6.45) is 5.95. The fourth-order valence-electron chi connectivity index (χ4n) is 1.53. The Balaban J connectivity index is 2.27. The van der Waals surface area contributed by atoms with Gasteiger partial charge in [-0.05, 0) is 37.3 Å². The largest absolute Gasteiger partial charge is 0.397 e. The standard InChI is InChI=1S/C10H14N2/c1-7-10(11)5-9(6-12-7)8-3-2-4-8/h5-6,8H,2-4,11H2,1H3. The summed E-state index contributed by atoms with van der Waals surface area (Å²) in [5, 5.41) is 0. The first-order chi connectivity index (χ1) is 5.77. The van der Waals surface area contributed by atoms with Gasteiger partial charge in [-0.2, -0.15) is 0 Å². The third-order valence-electron chi connectivity index (χ3n) is 2.72. The van der Waals surface area contributed by atoms with Crippen LogP contribution in [0.4, 0.5) is 5.69 Å². The normalized spacial score (nSPS) is 17.4. The maximum atomic E-state index is 5.77. The van der Waals surface area contributed by atoms with Gasteiger partial charge in [-0.25, -0.2) is 0 Å². The van der Waals surface area contributed by atoms with Gasteiger partial charge in [0.1, 0.15) is 0 Å². The van der Waals surface area contributed by atoms with E-state index < -0.39 is 0 Å². The van der Waals surface area contributed by atoms with Crippen molar-refractivity contribution >= 4 is 5.69 Å². The molecule has 1 aliphatic rings. The van der Waals surface area contributed by atoms with E-state index in [0.29, 0.717) is 0 Å². The van der Waals surface area contributed by atoms with Crippen LogP contribution >= 0.6 is 0 Å². The molecule has 0 spiro atoms. The van der Waals surface area contributed by atoms with E-state index in [0.717, 1.165) is 17.3 Å². The van der Waals surface area contributed by atoms with Gasteiger partial charge in [-0.3, -0.25) is 4.98 Å². The van der Waals surface area contributed by atoms with Crippen molar-refractivity contribution < 1.29 is 0 Å². The Labute approximate surface area is 72.8 Å². The Morgan fingerprint density at radius 3 is 2.75 bits per heavy atom. The van der Waals surface area contributed by atoms with Crippen LogP contribution in [-0.4, -0.2) is 4.98 Å². The second-order valence-electron chi connectivity index (χ2n) is 3.57. The average Bonchev–Trinajstić information content (AvgIpc) is 1.93. The van der Waals surface area contributed by atoms with Crippen LogP contribution in [-0.2, 0) is 0 Å². The number of aromatic nitrogens is 1. The lowest BCUT2D eigenvalue weighted by Crippen LogP contribution is -2.09.